The molecule has 26 heavy (non-hydrogen) atoms. The van der Waals surface area contributed by atoms with Crippen LogP contribution < -0.4 is 14.2 Å². The van der Waals surface area contributed by atoms with Gasteiger partial charge in [0.25, 0.3) is 0 Å². The van der Waals surface area contributed by atoms with Gasteiger partial charge in [-0.2, -0.15) is 0 Å². The number of hydrogen-bond donors (Lipinski definition) is 1. The van der Waals surface area contributed by atoms with Crippen molar-refractivity contribution in [3.8, 4) is 11.5 Å². The number of ether oxygens (including phenoxy) is 2. The molecule has 0 fully saturated rings. The van der Waals surface area contributed by atoms with Gasteiger partial charge in [0.15, 0.2) is 17.3 Å². The highest BCUT2D eigenvalue weighted by Crippen LogP contribution is 2.34. The van der Waals surface area contributed by atoms with E-state index in [1.165, 1.54) is 31.2 Å². The maximum absolute atomic E-state index is 12.7. The Morgan fingerprint density at radius 3 is 2.23 bits per heavy atom. The third-order valence-electron chi connectivity index (χ3n) is 4.22. The largest absolute Gasteiger partial charge is 0.486 e. The van der Waals surface area contributed by atoms with Crippen molar-refractivity contribution in [2.24, 2.45) is 0 Å². The molecule has 2 aromatic rings. The SMILES string of the molecule is CC(=O)c1ccc(S(=O)(=O)NC(C)(C)c2ccc3c(c2)OCCO3)cc1. The molecule has 0 radical (unpaired) electrons. The molecule has 138 valence electrons. The molecule has 1 aliphatic rings. The molecule has 0 aromatic heterocycles. The topological polar surface area (TPSA) is 81.7 Å². The van der Waals surface area contributed by atoms with Crippen molar-refractivity contribution in [1.29, 1.82) is 0 Å². The standard InChI is InChI=1S/C19H21NO5S/c1-13(21)14-4-7-16(8-5-14)26(22,23)20-19(2,3)15-6-9-17-18(12-15)25-11-10-24-17/h4-9,12,20H,10-11H2,1-3H3. The number of carbonyl (C=O) groups is 1. The van der Waals surface area contributed by atoms with Crippen molar-refractivity contribution in [3.05, 3.63) is 53.6 Å². The zero-order valence-electron chi connectivity index (χ0n) is 14.9. The number of Topliss-reactive ketones (excluding diaryl/α,β-unsaturated/α-hetero) is 1. The van der Waals surface area contributed by atoms with Crippen LogP contribution in [0.1, 0.15) is 36.7 Å². The van der Waals surface area contributed by atoms with Crippen LogP contribution in [0.3, 0.4) is 0 Å². The quantitative estimate of drug-likeness (QED) is 0.813. The number of benzene rings is 2. The predicted octanol–water partition coefficient (Wildman–Crippen LogP) is 2.87. The third kappa shape index (κ3) is 3.73. The molecule has 1 N–H and O–H groups in total. The molecule has 0 aliphatic carbocycles. The maximum atomic E-state index is 12.7. The number of fused-ring (bicyclic) bond motifs is 1. The van der Waals surface area contributed by atoms with Gasteiger partial charge >= 0.3 is 0 Å². The number of carbonyl (C=O) groups excluding carboxylic acids is 1. The minimum Gasteiger partial charge on any atom is -0.486 e. The lowest BCUT2D eigenvalue weighted by Gasteiger charge is -2.28. The first-order valence-corrected chi connectivity index (χ1v) is 9.72. The normalized spacial score (nSPS) is 14.1. The zero-order chi connectivity index (χ0) is 18.9. The van der Waals surface area contributed by atoms with E-state index in [0.29, 0.717) is 30.3 Å². The Labute approximate surface area is 153 Å². The fourth-order valence-corrected chi connectivity index (χ4v) is 4.16. The van der Waals surface area contributed by atoms with Gasteiger partial charge in [0.2, 0.25) is 10.0 Å². The first-order chi connectivity index (χ1) is 12.2. The third-order valence-corrected chi connectivity index (χ3v) is 5.90. The summed E-state index contributed by atoms with van der Waals surface area (Å²) >= 11 is 0. The van der Waals surface area contributed by atoms with Crippen LogP contribution in [0.5, 0.6) is 11.5 Å². The summed E-state index contributed by atoms with van der Waals surface area (Å²) in [5.74, 6) is 1.14. The summed E-state index contributed by atoms with van der Waals surface area (Å²) in [7, 11) is -3.76. The molecule has 0 saturated carbocycles. The second-order valence-electron chi connectivity index (χ2n) is 6.67. The molecule has 0 saturated heterocycles. The van der Waals surface area contributed by atoms with E-state index in [4.69, 9.17) is 9.47 Å². The van der Waals surface area contributed by atoms with Crippen molar-refractivity contribution in [3.63, 3.8) is 0 Å². The molecule has 0 bridgehead atoms. The minimum absolute atomic E-state index is 0.105. The Hall–Kier alpha value is -2.38. The van der Waals surface area contributed by atoms with Gasteiger partial charge in [0.1, 0.15) is 13.2 Å². The first kappa shape index (κ1) is 18.4. The lowest BCUT2D eigenvalue weighted by atomic mass is 9.95. The number of sulfonamides is 1. The van der Waals surface area contributed by atoms with Gasteiger partial charge in [-0.05, 0) is 50.6 Å². The van der Waals surface area contributed by atoms with Crippen LogP contribution in [-0.2, 0) is 15.6 Å². The number of rotatable bonds is 5. The van der Waals surface area contributed by atoms with E-state index in [9.17, 15) is 13.2 Å². The van der Waals surface area contributed by atoms with Crippen LogP contribution in [0.2, 0.25) is 0 Å². The van der Waals surface area contributed by atoms with Gasteiger partial charge < -0.3 is 9.47 Å². The summed E-state index contributed by atoms with van der Waals surface area (Å²) in [6.07, 6.45) is 0. The molecule has 3 rings (SSSR count). The summed E-state index contributed by atoms with van der Waals surface area (Å²) in [5, 5.41) is 0. The fourth-order valence-electron chi connectivity index (χ4n) is 2.75. The van der Waals surface area contributed by atoms with E-state index in [1.54, 1.807) is 26.0 Å². The van der Waals surface area contributed by atoms with E-state index < -0.39 is 15.6 Å². The highest BCUT2D eigenvalue weighted by atomic mass is 32.2. The summed E-state index contributed by atoms with van der Waals surface area (Å²) in [6.45, 7) is 5.95. The van der Waals surface area contributed by atoms with Crippen LogP contribution in [0.4, 0.5) is 0 Å². The summed E-state index contributed by atoms with van der Waals surface area (Å²) in [6, 6.07) is 11.3. The molecule has 7 heteroatoms. The Bertz CT molecular complexity index is 933. The van der Waals surface area contributed by atoms with Gasteiger partial charge in [-0.15, -0.1) is 0 Å². The van der Waals surface area contributed by atoms with Gasteiger partial charge in [-0.3, -0.25) is 4.79 Å². The van der Waals surface area contributed by atoms with E-state index in [0.717, 1.165) is 5.56 Å². The van der Waals surface area contributed by atoms with Gasteiger partial charge in [0, 0.05) is 5.56 Å². The second-order valence-corrected chi connectivity index (χ2v) is 8.35. The zero-order valence-corrected chi connectivity index (χ0v) is 15.7. The Balaban J connectivity index is 1.86. The average molecular weight is 375 g/mol. The lowest BCUT2D eigenvalue weighted by molar-refractivity contribution is 0.101. The molecule has 0 amide bonds. The minimum atomic E-state index is -3.76. The van der Waals surface area contributed by atoms with Gasteiger partial charge in [-0.1, -0.05) is 18.2 Å². The van der Waals surface area contributed by atoms with Crippen LogP contribution >= 0.6 is 0 Å². The van der Waals surface area contributed by atoms with Crippen LogP contribution in [0.15, 0.2) is 47.4 Å². The fraction of sp³-hybridized carbons (Fsp3) is 0.316. The predicted molar refractivity (Wildman–Crippen MR) is 97.2 cm³/mol. The molecule has 0 atom stereocenters. The molecular formula is C19H21NO5S. The van der Waals surface area contributed by atoms with Gasteiger partial charge in [0.05, 0.1) is 10.4 Å². The summed E-state index contributed by atoms with van der Waals surface area (Å²) in [5.41, 5.74) is 0.356. The first-order valence-electron chi connectivity index (χ1n) is 8.24. The number of ketones is 1. The van der Waals surface area contributed by atoms with Crippen LogP contribution in [0.25, 0.3) is 0 Å². The highest BCUT2D eigenvalue weighted by molar-refractivity contribution is 7.89. The average Bonchev–Trinajstić information content (AvgIpc) is 2.60. The van der Waals surface area contributed by atoms with Crippen molar-refractivity contribution >= 4 is 15.8 Å². The second kappa shape index (κ2) is 6.74. The molecule has 1 heterocycles. The van der Waals surface area contributed by atoms with E-state index >= 15 is 0 Å². The lowest BCUT2D eigenvalue weighted by Crippen LogP contribution is -2.41. The molecule has 6 nitrogen and oxygen atoms in total. The van der Waals surface area contributed by atoms with Crippen molar-refractivity contribution in [2.45, 2.75) is 31.2 Å². The summed E-state index contributed by atoms with van der Waals surface area (Å²) in [4.78, 5) is 11.5. The van der Waals surface area contributed by atoms with Crippen LogP contribution in [0, 0.1) is 0 Å². The summed E-state index contributed by atoms with van der Waals surface area (Å²) < 4.78 is 39.3. The van der Waals surface area contributed by atoms with Crippen molar-refractivity contribution in [1.82, 2.24) is 4.72 Å². The Morgan fingerprint density at radius 2 is 1.62 bits per heavy atom. The number of nitrogens with one attached hydrogen (secondary N) is 1. The van der Waals surface area contributed by atoms with E-state index in [-0.39, 0.29) is 10.7 Å². The smallest absolute Gasteiger partial charge is 0.241 e. The van der Waals surface area contributed by atoms with Crippen molar-refractivity contribution < 1.29 is 22.7 Å². The maximum Gasteiger partial charge on any atom is 0.241 e. The molecule has 0 unspecified atom stereocenters. The Kier molecular flexibility index (Phi) is 4.77. The highest BCUT2D eigenvalue weighted by Gasteiger charge is 2.29. The van der Waals surface area contributed by atoms with Gasteiger partial charge in [-0.25, -0.2) is 13.1 Å². The Morgan fingerprint density at radius 1 is 1.00 bits per heavy atom. The molecule has 0 spiro atoms. The molecule has 2 aromatic carbocycles. The molecule has 1 aliphatic heterocycles. The van der Waals surface area contributed by atoms with Crippen molar-refractivity contribution in [2.75, 3.05) is 13.2 Å². The van der Waals surface area contributed by atoms with Crippen LogP contribution in [-0.4, -0.2) is 27.4 Å². The molecular weight excluding hydrogens is 354 g/mol. The van der Waals surface area contributed by atoms with E-state index in [1.807, 2.05) is 6.07 Å². The number of hydrogen-bond acceptors (Lipinski definition) is 5. The monoisotopic (exact) mass is 375 g/mol. The van der Waals surface area contributed by atoms with E-state index in [2.05, 4.69) is 4.72 Å².